The van der Waals surface area contributed by atoms with Gasteiger partial charge in [0, 0.05) is 44.0 Å². The zero-order chi connectivity index (χ0) is 24.4. The Morgan fingerprint density at radius 2 is 1.89 bits per heavy atom. The lowest BCUT2D eigenvalue weighted by Crippen LogP contribution is -2.42. The topological polar surface area (TPSA) is 100 Å². The number of benzene rings is 1. The Balaban J connectivity index is 1.45. The fourth-order valence-electron chi connectivity index (χ4n) is 5.31. The number of amides is 2. The van der Waals surface area contributed by atoms with E-state index in [1.54, 1.807) is 23.4 Å². The lowest BCUT2D eigenvalue weighted by atomic mass is 9.96. The number of hydrogen-bond acceptors (Lipinski definition) is 4. The molecule has 1 saturated carbocycles. The number of imidazole rings is 1. The molecular weight excluding hydrogens is 442 g/mol. The van der Waals surface area contributed by atoms with Gasteiger partial charge in [-0.05, 0) is 37.8 Å². The zero-order valence-corrected chi connectivity index (χ0v) is 19.8. The van der Waals surface area contributed by atoms with Gasteiger partial charge in [-0.25, -0.2) is 4.98 Å². The van der Waals surface area contributed by atoms with E-state index >= 15 is 0 Å². The van der Waals surface area contributed by atoms with Crippen molar-refractivity contribution in [2.75, 3.05) is 19.6 Å². The third kappa shape index (κ3) is 4.65. The summed E-state index contributed by atoms with van der Waals surface area (Å²) in [6.07, 6.45) is 10.7. The predicted molar refractivity (Wildman–Crippen MR) is 135 cm³/mol. The number of piperidine rings is 1. The standard InChI is InChI=1S/C27H31N5O3/c1-2-13-28-26(34)20-16-32(19-9-3-4-10-19)17-21(24(20)33)27(35)31-14-7-8-18(15-31)25-29-22-11-5-6-12-23(22)30-25/h2,5-6,11-12,16-19H,1,3-4,7-10,13-15H2,(H,28,34)(H,29,30). The minimum absolute atomic E-state index is 0.00967. The van der Waals surface area contributed by atoms with E-state index < -0.39 is 11.3 Å². The molecule has 1 unspecified atom stereocenters. The fraction of sp³-hybridized carbons (Fsp3) is 0.407. The molecule has 182 valence electrons. The monoisotopic (exact) mass is 473 g/mol. The summed E-state index contributed by atoms with van der Waals surface area (Å²) in [5.41, 5.74) is 1.44. The van der Waals surface area contributed by atoms with Crippen LogP contribution in [0.3, 0.4) is 0 Å². The first-order valence-electron chi connectivity index (χ1n) is 12.4. The normalized spacial score (nSPS) is 18.6. The fourth-order valence-corrected chi connectivity index (χ4v) is 5.31. The van der Waals surface area contributed by atoms with E-state index in [9.17, 15) is 14.4 Å². The molecule has 2 aromatic heterocycles. The van der Waals surface area contributed by atoms with Crippen LogP contribution in [0.15, 0.2) is 54.1 Å². The van der Waals surface area contributed by atoms with Gasteiger partial charge in [-0.15, -0.1) is 6.58 Å². The van der Waals surface area contributed by atoms with Gasteiger partial charge < -0.3 is 19.8 Å². The van der Waals surface area contributed by atoms with E-state index in [1.807, 2.05) is 28.8 Å². The molecular formula is C27H31N5O3. The largest absolute Gasteiger partial charge is 0.349 e. The van der Waals surface area contributed by atoms with Crippen molar-refractivity contribution in [3.8, 4) is 0 Å². The molecule has 8 nitrogen and oxygen atoms in total. The molecule has 2 N–H and O–H groups in total. The number of carbonyl (C=O) groups is 2. The minimum atomic E-state index is -0.517. The molecule has 2 aliphatic rings. The average Bonchev–Trinajstić information content (AvgIpc) is 3.57. The van der Waals surface area contributed by atoms with Gasteiger partial charge >= 0.3 is 0 Å². The molecule has 0 radical (unpaired) electrons. The molecule has 3 heterocycles. The van der Waals surface area contributed by atoms with Crippen LogP contribution in [0.4, 0.5) is 0 Å². The lowest BCUT2D eigenvalue weighted by Gasteiger charge is -2.32. The van der Waals surface area contributed by atoms with Crippen molar-refractivity contribution in [3.63, 3.8) is 0 Å². The molecule has 1 aromatic carbocycles. The number of carbonyl (C=O) groups excluding carboxylic acids is 2. The number of para-hydroxylation sites is 2. The summed E-state index contributed by atoms with van der Waals surface area (Å²) in [6.45, 7) is 4.93. The Morgan fingerprint density at radius 1 is 1.11 bits per heavy atom. The van der Waals surface area contributed by atoms with Crippen molar-refractivity contribution < 1.29 is 9.59 Å². The maximum atomic E-state index is 13.7. The van der Waals surface area contributed by atoms with Crippen LogP contribution in [0.1, 0.15) is 77.0 Å². The van der Waals surface area contributed by atoms with E-state index in [4.69, 9.17) is 4.98 Å². The van der Waals surface area contributed by atoms with Crippen molar-refractivity contribution in [1.29, 1.82) is 0 Å². The number of H-pyrrole nitrogens is 1. The highest BCUT2D eigenvalue weighted by Crippen LogP contribution is 2.30. The predicted octanol–water partition coefficient (Wildman–Crippen LogP) is 3.78. The van der Waals surface area contributed by atoms with Crippen molar-refractivity contribution in [2.45, 2.75) is 50.5 Å². The van der Waals surface area contributed by atoms with E-state index in [2.05, 4.69) is 16.9 Å². The van der Waals surface area contributed by atoms with Crippen LogP contribution in [0.2, 0.25) is 0 Å². The molecule has 1 atom stereocenters. The van der Waals surface area contributed by atoms with Crippen LogP contribution in [-0.2, 0) is 0 Å². The summed E-state index contributed by atoms with van der Waals surface area (Å²) in [6, 6.07) is 8.07. The molecule has 0 bridgehead atoms. The van der Waals surface area contributed by atoms with Gasteiger partial charge in [0.05, 0.1) is 11.0 Å². The summed E-state index contributed by atoms with van der Waals surface area (Å²) >= 11 is 0. The Morgan fingerprint density at radius 3 is 2.66 bits per heavy atom. The first-order valence-corrected chi connectivity index (χ1v) is 12.4. The summed E-state index contributed by atoms with van der Waals surface area (Å²) < 4.78 is 1.91. The van der Waals surface area contributed by atoms with Gasteiger partial charge in [0.2, 0.25) is 5.43 Å². The number of aromatic amines is 1. The van der Waals surface area contributed by atoms with E-state index in [1.165, 1.54) is 0 Å². The highest BCUT2D eigenvalue weighted by molar-refractivity contribution is 5.99. The van der Waals surface area contributed by atoms with Crippen molar-refractivity contribution in [3.05, 3.63) is 76.5 Å². The number of aromatic nitrogens is 3. The third-order valence-corrected chi connectivity index (χ3v) is 7.18. The molecule has 1 saturated heterocycles. The maximum Gasteiger partial charge on any atom is 0.259 e. The number of rotatable bonds is 6. The highest BCUT2D eigenvalue weighted by Gasteiger charge is 2.30. The number of likely N-dealkylation sites (tertiary alicyclic amines) is 1. The first kappa shape index (κ1) is 23.1. The van der Waals surface area contributed by atoms with Gasteiger partial charge in [0.25, 0.3) is 11.8 Å². The zero-order valence-electron chi connectivity index (χ0n) is 19.8. The quantitative estimate of drug-likeness (QED) is 0.532. The van der Waals surface area contributed by atoms with Crippen molar-refractivity contribution in [2.24, 2.45) is 0 Å². The second kappa shape index (κ2) is 9.90. The number of nitrogens with one attached hydrogen (secondary N) is 2. The van der Waals surface area contributed by atoms with E-state index in [0.29, 0.717) is 13.1 Å². The summed E-state index contributed by atoms with van der Waals surface area (Å²) in [4.78, 5) is 49.6. The van der Waals surface area contributed by atoms with Gasteiger partial charge in [-0.1, -0.05) is 31.1 Å². The van der Waals surface area contributed by atoms with Crippen LogP contribution in [-0.4, -0.2) is 50.9 Å². The van der Waals surface area contributed by atoms with Crippen molar-refractivity contribution >= 4 is 22.8 Å². The molecule has 5 rings (SSSR count). The van der Waals surface area contributed by atoms with Crippen LogP contribution in [0, 0.1) is 0 Å². The van der Waals surface area contributed by atoms with E-state index in [0.717, 1.165) is 55.4 Å². The van der Waals surface area contributed by atoms with Crippen molar-refractivity contribution in [1.82, 2.24) is 24.8 Å². The molecule has 0 spiro atoms. The Labute approximate surface area is 204 Å². The van der Waals surface area contributed by atoms with Gasteiger partial charge in [-0.2, -0.15) is 0 Å². The smallest absolute Gasteiger partial charge is 0.259 e. The summed E-state index contributed by atoms with van der Waals surface area (Å²) in [7, 11) is 0. The van der Waals surface area contributed by atoms with Crippen LogP contribution < -0.4 is 10.7 Å². The molecule has 1 aliphatic carbocycles. The van der Waals surface area contributed by atoms with E-state index in [-0.39, 0.29) is 35.5 Å². The SMILES string of the molecule is C=CCNC(=O)c1cn(C2CCCC2)cc(C(=O)N2CCCC(c3nc4ccccc4[nH]3)C2)c1=O. The second-order valence-electron chi connectivity index (χ2n) is 9.53. The maximum absolute atomic E-state index is 13.7. The highest BCUT2D eigenvalue weighted by atomic mass is 16.2. The molecule has 2 amide bonds. The summed E-state index contributed by atoms with van der Waals surface area (Å²) in [5, 5.41) is 2.69. The Kier molecular flexibility index (Phi) is 6.53. The third-order valence-electron chi connectivity index (χ3n) is 7.18. The summed E-state index contributed by atoms with van der Waals surface area (Å²) in [5.74, 6) is 0.136. The molecule has 8 heteroatoms. The van der Waals surface area contributed by atoms with Gasteiger partial charge in [0.1, 0.15) is 17.0 Å². The Hall–Kier alpha value is -3.68. The number of pyridine rings is 1. The van der Waals surface area contributed by atoms with Gasteiger partial charge in [0.15, 0.2) is 0 Å². The number of nitrogens with zero attached hydrogens (tertiary/aromatic N) is 3. The molecule has 2 fully saturated rings. The lowest BCUT2D eigenvalue weighted by molar-refractivity contribution is 0.0702. The molecule has 35 heavy (non-hydrogen) atoms. The first-order chi connectivity index (χ1) is 17.0. The number of hydrogen-bond donors (Lipinski definition) is 2. The van der Waals surface area contributed by atoms with Crippen LogP contribution in [0.25, 0.3) is 11.0 Å². The van der Waals surface area contributed by atoms with Crippen LogP contribution in [0.5, 0.6) is 0 Å². The second-order valence-corrected chi connectivity index (χ2v) is 9.53. The molecule has 1 aliphatic heterocycles. The van der Waals surface area contributed by atoms with Gasteiger partial charge in [-0.3, -0.25) is 14.4 Å². The van der Waals surface area contributed by atoms with Crippen LogP contribution >= 0.6 is 0 Å². The minimum Gasteiger partial charge on any atom is -0.349 e. The Bertz CT molecular complexity index is 1280. The molecule has 3 aromatic rings. The average molecular weight is 474 g/mol. The number of fused-ring (bicyclic) bond motifs is 1.